The third-order valence-electron chi connectivity index (χ3n) is 2.12. The fourth-order valence-electron chi connectivity index (χ4n) is 1.19. The number of amides is 1. The molecule has 1 unspecified atom stereocenters. The smallest absolute Gasteiger partial charge is 0.251 e. The van der Waals surface area contributed by atoms with E-state index in [4.69, 9.17) is 5.73 Å². The van der Waals surface area contributed by atoms with Crippen molar-refractivity contribution >= 4 is 5.91 Å². The van der Waals surface area contributed by atoms with Crippen LogP contribution in [0.25, 0.3) is 0 Å². The Kier molecular flexibility index (Phi) is 7.21. The van der Waals surface area contributed by atoms with Crippen molar-refractivity contribution in [1.82, 2.24) is 5.32 Å². The van der Waals surface area contributed by atoms with Crippen molar-refractivity contribution in [3.63, 3.8) is 0 Å². The molecule has 90 valence electrons. The maximum Gasteiger partial charge on any atom is 0.251 e. The van der Waals surface area contributed by atoms with Crippen molar-refractivity contribution in [3.05, 3.63) is 35.4 Å². The summed E-state index contributed by atoms with van der Waals surface area (Å²) in [5.74, 6) is -0.0546. The van der Waals surface area contributed by atoms with E-state index >= 15 is 0 Å². The van der Waals surface area contributed by atoms with Crippen LogP contribution >= 0.6 is 0 Å². The number of hydrogen-bond acceptors (Lipinski definition) is 2. The summed E-state index contributed by atoms with van der Waals surface area (Å²) >= 11 is 0. The zero-order valence-corrected chi connectivity index (χ0v) is 10.6. The van der Waals surface area contributed by atoms with Gasteiger partial charge in [-0.25, -0.2) is 0 Å². The van der Waals surface area contributed by atoms with Gasteiger partial charge in [0.2, 0.25) is 0 Å². The summed E-state index contributed by atoms with van der Waals surface area (Å²) in [4.78, 5) is 11.7. The summed E-state index contributed by atoms with van der Waals surface area (Å²) in [6.45, 7) is 8.26. The second kappa shape index (κ2) is 7.88. The SMILES string of the molecule is CC.Cc1ccccc1C(=O)NC(C)CN. The average Bonchev–Trinajstić information content (AvgIpc) is 2.32. The standard InChI is InChI=1S/C11H16N2O.C2H6/c1-8-5-3-4-6-10(8)11(14)13-9(2)7-12;1-2/h3-6,9H,7,12H2,1-2H3,(H,13,14);1-2H3. The third-order valence-corrected chi connectivity index (χ3v) is 2.12. The Balaban J connectivity index is 0.00000106. The summed E-state index contributed by atoms with van der Waals surface area (Å²) < 4.78 is 0. The molecular formula is C13H22N2O. The van der Waals surface area contributed by atoms with Crippen LogP contribution in [0, 0.1) is 6.92 Å². The van der Waals surface area contributed by atoms with Crippen LogP contribution in [0.4, 0.5) is 0 Å². The molecule has 0 heterocycles. The Hall–Kier alpha value is -1.35. The molecule has 0 aliphatic rings. The van der Waals surface area contributed by atoms with Gasteiger partial charge < -0.3 is 11.1 Å². The van der Waals surface area contributed by atoms with Crippen molar-refractivity contribution in [2.45, 2.75) is 33.7 Å². The fraction of sp³-hybridized carbons (Fsp3) is 0.462. The second-order valence-electron chi connectivity index (χ2n) is 3.43. The molecule has 0 aliphatic heterocycles. The van der Waals surface area contributed by atoms with Gasteiger partial charge in [-0.3, -0.25) is 4.79 Å². The van der Waals surface area contributed by atoms with Gasteiger partial charge in [0.05, 0.1) is 0 Å². The molecule has 1 atom stereocenters. The number of rotatable bonds is 3. The lowest BCUT2D eigenvalue weighted by atomic mass is 10.1. The minimum atomic E-state index is -0.0546. The highest BCUT2D eigenvalue weighted by molar-refractivity contribution is 5.95. The minimum absolute atomic E-state index is 0.0158. The van der Waals surface area contributed by atoms with E-state index in [1.54, 1.807) is 0 Å². The highest BCUT2D eigenvalue weighted by Gasteiger charge is 2.09. The zero-order chi connectivity index (χ0) is 12.6. The fourth-order valence-corrected chi connectivity index (χ4v) is 1.19. The highest BCUT2D eigenvalue weighted by Crippen LogP contribution is 2.06. The molecular weight excluding hydrogens is 200 g/mol. The van der Waals surface area contributed by atoms with Gasteiger partial charge in [0.15, 0.2) is 0 Å². The molecule has 0 aliphatic carbocycles. The monoisotopic (exact) mass is 222 g/mol. The molecule has 0 saturated carbocycles. The van der Waals surface area contributed by atoms with Crippen molar-refractivity contribution in [1.29, 1.82) is 0 Å². The molecule has 0 bridgehead atoms. The average molecular weight is 222 g/mol. The van der Waals surface area contributed by atoms with Crippen molar-refractivity contribution in [2.24, 2.45) is 5.73 Å². The van der Waals surface area contributed by atoms with Gasteiger partial charge in [-0.1, -0.05) is 32.0 Å². The van der Waals surface area contributed by atoms with Crippen LogP contribution in [-0.2, 0) is 0 Å². The maximum absolute atomic E-state index is 11.7. The van der Waals surface area contributed by atoms with Gasteiger partial charge in [-0.05, 0) is 25.5 Å². The predicted octanol–water partition coefficient (Wildman–Crippen LogP) is 2.10. The number of nitrogens with one attached hydrogen (secondary N) is 1. The first kappa shape index (κ1) is 14.6. The van der Waals surface area contributed by atoms with Gasteiger partial charge in [0.25, 0.3) is 5.91 Å². The molecule has 1 amide bonds. The maximum atomic E-state index is 11.7. The molecule has 0 fully saturated rings. The van der Waals surface area contributed by atoms with Crippen LogP contribution in [0.5, 0.6) is 0 Å². The van der Waals surface area contributed by atoms with Gasteiger partial charge in [-0.15, -0.1) is 0 Å². The van der Waals surface area contributed by atoms with Crippen LogP contribution < -0.4 is 11.1 Å². The van der Waals surface area contributed by atoms with Gasteiger partial charge in [0, 0.05) is 18.2 Å². The molecule has 1 rings (SSSR count). The van der Waals surface area contributed by atoms with Crippen LogP contribution in [0.3, 0.4) is 0 Å². The lowest BCUT2D eigenvalue weighted by molar-refractivity contribution is 0.0940. The van der Waals surface area contributed by atoms with E-state index in [9.17, 15) is 4.79 Å². The molecule has 1 aromatic carbocycles. The number of aryl methyl sites for hydroxylation is 1. The normalized spacial score (nSPS) is 11.1. The van der Waals surface area contributed by atoms with Gasteiger partial charge in [0.1, 0.15) is 0 Å². The number of carbonyl (C=O) groups excluding carboxylic acids is 1. The quantitative estimate of drug-likeness (QED) is 0.823. The van der Waals surface area contributed by atoms with Crippen LogP contribution in [0.2, 0.25) is 0 Å². The molecule has 0 radical (unpaired) electrons. The lowest BCUT2D eigenvalue weighted by Gasteiger charge is -2.12. The summed E-state index contributed by atoms with van der Waals surface area (Å²) in [6, 6.07) is 7.52. The zero-order valence-electron chi connectivity index (χ0n) is 10.6. The van der Waals surface area contributed by atoms with Crippen LogP contribution in [0.1, 0.15) is 36.7 Å². The predicted molar refractivity (Wildman–Crippen MR) is 68.5 cm³/mol. The Morgan fingerprint density at radius 3 is 2.44 bits per heavy atom. The summed E-state index contributed by atoms with van der Waals surface area (Å²) in [5.41, 5.74) is 7.12. The van der Waals surface area contributed by atoms with Crippen LogP contribution in [0.15, 0.2) is 24.3 Å². The first-order valence-electron chi connectivity index (χ1n) is 5.71. The van der Waals surface area contributed by atoms with E-state index in [0.717, 1.165) is 5.56 Å². The molecule has 16 heavy (non-hydrogen) atoms. The Morgan fingerprint density at radius 1 is 1.38 bits per heavy atom. The topological polar surface area (TPSA) is 55.1 Å². The lowest BCUT2D eigenvalue weighted by Crippen LogP contribution is -2.38. The number of carbonyl (C=O) groups is 1. The van der Waals surface area contributed by atoms with E-state index < -0.39 is 0 Å². The van der Waals surface area contributed by atoms with E-state index in [2.05, 4.69) is 5.32 Å². The summed E-state index contributed by atoms with van der Waals surface area (Å²) in [7, 11) is 0. The van der Waals surface area contributed by atoms with Gasteiger partial charge >= 0.3 is 0 Å². The largest absolute Gasteiger partial charge is 0.348 e. The molecule has 3 nitrogen and oxygen atoms in total. The first-order valence-corrected chi connectivity index (χ1v) is 5.71. The van der Waals surface area contributed by atoms with Gasteiger partial charge in [-0.2, -0.15) is 0 Å². The molecule has 0 spiro atoms. The Morgan fingerprint density at radius 2 is 1.94 bits per heavy atom. The molecule has 1 aromatic rings. The molecule has 0 saturated heterocycles. The van der Waals surface area contributed by atoms with E-state index in [1.807, 2.05) is 52.0 Å². The third kappa shape index (κ3) is 4.45. The van der Waals surface area contributed by atoms with Crippen molar-refractivity contribution in [2.75, 3.05) is 6.54 Å². The molecule has 3 N–H and O–H groups in total. The summed E-state index contributed by atoms with van der Waals surface area (Å²) in [5, 5.41) is 2.82. The minimum Gasteiger partial charge on any atom is -0.348 e. The van der Waals surface area contributed by atoms with Crippen LogP contribution in [-0.4, -0.2) is 18.5 Å². The molecule has 3 heteroatoms. The van der Waals surface area contributed by atoms with E-state index in [0.29, 0.717) is 12.1 Å². The number of benzene rings is 1. The number of hydrogen-bond donors (Lipinski definition) is 2. The van der Waals surface area contributed by atoms with Crippen molar-refractivity contribution in [3.8, 4) is 0 Å². The second-order valence-corrected chi connectivity index (χ2v) is 3.43. The van der Waals surface area contributed by atoms with Crippen molar-refractivity contribution < 1.29 is 4.79 Å². The number of nitrogens with two attached hydrogens (primary N) is 1. The first-order chi connectivity index (χ1) is 7.65. The van der Waals surface area contributed by atoms with E-state index in [-0.39, 0.29) is 11.9 Å². The highest BCUT2D eigenvalue weighted by atomic mass is 16.1. The Bertz CT molecular complexity index is 323. The van der Waals surface area contributed by atoms with E-state index in [1.165, 1.54) is 0 Å². The summed E-state index contributed by atoms with van der Waals surface area (Å²) in [6.07, 6.45) is 0. The molecule has 0 aromatic heterocycles. The Labute approximate surface area is 98.0 Å².